The highest BCUT2D eigenvalue weighted by atomic mass is 16.5. The van der Waals surface area contributed by atoms with Crippen molar-refractivity contribution < 1.29 is 9.84 Å². The highest BCUT2D eigenvalue weighted by molar-refractivity contribution is 5.82. The van der Waals surface area contributed by atoms with E-state index in [4.69, 9.17) is 9.84 Å². The highest BCUT2D eigenvalue weighted by Gasteiger charge is 2.26. The molecular weight excluding hydrogens is 322 g/mol. The summed E-state index contributed by atoms with van der Waals surface area (Å²) in [6, 6.07) is 0. The fourth-order valence-corrected chi connectivity index (χ4v) is 3.22. The Hall–Kier alpha value is -1.89. The molecule has 2 rings (SSSR count). The number of hydrogen-bond acceptors (Lipinski definition) is 5. The molecule has 1 aliphatic rings. The first-order chi connectivity index (χ1) is 11.9. The zero-order valence-electron chi connectivity index (χ0n) is 15.6. The maximum absolute atomic E-state index is 12.8. The van der Waals surface area contributed by atoms with Gasteiger partial charge in [-0.15, -0.1) is 0 Å². The molecular formula is C18H29N3O4. The van der Waals surface area contributed by atoms with E-state index in [0.29, 0.717) is 30.1 Å². The summed E-state index contributed by atoms with van der Waals surface area (Å²) in [5.41, 5.74) is -0.140. The van der Waals surface area contributed by atoms with E-state index in [1.54, 1.807) is 7.05 Å². The quantitative estimate of drug-likeness (QED) is 0.846. The molecule has 0 bridgehead atoms. The van der Waals surface area contributed by atoms with E-state index in [-0.39, 0.29) is 30.7 Å². The van der Waals surface area contributed by atoms with Crippen LogP contribution in [0.2, 0.25) is 0 Å². The van der Waals surface area contributed by atoms with Gasteiger partial charge in [0.25, 0.3) is 5.56 Å². The maximum Gasteiger partial charge on any atom is 0.332 e. The van der Waals surface area contributed by atoms with E-state index >= 15 is 0 Å². The van der Waals surface area contributed by atoms with Crippen LogP contribution in [0.15, 0.2) is 14.6 Å². The molecule has 1 aromatic heterocycles. The normalized spacial score (nSPS) is 17.2. The van der Waals surface area contributed by atoms with Crippen molar-refractivity contribution in [3.8, 4) is 0 Å². The topological polar surface area (TPSA) is 85.8 Å². The van der Waals surface area contributed by atoms with Crippen LogP contribution in [0.5, 0.6) is 0 Å². The number of aliphatic hydroxyl groups excluding tert-OH is 1. The monoisotopic (exact) mass is 351 g/mol. The van der Waals surface area contributed by atoms with Crippen LogP contribution in [-0.2, 0) is 24.8 Å². The molecule has 1 aromatic rings. The summed E-state index contributed by atoms with van der Waals surface area (Å²) in [6.07, 6.45) is 3.65. The summed E-state index contributed by atoms with van der Waals surface area (Å²) < 4.78 is 8.54. The summed E-state index contributed by atoms with van der Waals surface area (Å²) in [5, 5.41) is 9.01. The average molecular weight is 351 g/mol. The Morgan fingerprint density at radius 1 is 1.36 bits per heavy atom. The van der Waals surface area contributed by atoms with E-state index in [0.717, 1.165) is 19.3 Å². The fraction of sp³-hybridized carbons (Fsp3) is 0.722. The van der Waals surface area contributed by atoms with Crippen molar-refractivity contribution in [2.45, 2.75) is 65.5 Å². The zero-order valence-corrected chi connectivity index (χ0v) is 15.6. The Morgan fingerprint density at radius 2 is 2.08 bits per heavy atom. The largest absolute Gasteiger partial charge is 0.478 e. The lowest BCUT2D eigenvalue weighted by Crippen LogP contribution is -2.41. The van der Waals surface area contributed by atoms with Crippen molar-refractivity contribution in [2.24, 2.45) is 18.0 Å². The number of aliphatic hydroxyl groups is 1. The van der Waals surface area contributed by atoms with Gasteiger partial charge in [0.1, 0.15) is 5.82 Å². The summed E-state index contributed by atoms with van der Waals surface area (Å²) in [6.45, 7) is 6.16. The van der Waals surface area contributed by atoms with Gasteiger partial charge in [-0.05, 0) is 39.5 Å². The predicted octanol–water partition coefficient (Wildman–Crippen LogP) is 1.75. The lowest BCUT2D eigenvalue weighted by Gasteiger charge is -2.19. The molecule has 0 saturated carbocycles. The second-order valence-corrected chi connectivity index (χ2v) is 6.82. The third kappa shape index (κ3) is 4.21. The molecule has 1 unspecified atom stereocenters. The van der Waals surface area contributed by atoms with Gasteiger partial charge in [0, 0.05) is 26.1 Å². The summed E-state index contributed by atoms with van der Waals surface area (Å²) in [5.74, 6) is 1.18. The number of rotatable bonds is 6. The van der Waals surface area contributed by atoms with Crippen molar-refractivity contribution in [1.29, 1.82) is 0 Å². The molecule has 140 valence electrons. The molecule has 7 nitrogen and oxygen atoms in total. The van der Waals surface area contributed by atoms with Gasteiger partial charge in [0.15, 0.2) is 5.90 Å². The average Bonchev–Trinajstić information content (AvgIpc) is 2.73. The Bertz CT molecular complexity index is 746. The zero-order chi connectivity index (χ0) is 18.6. The molecule has 0 fully saturated rings. The number of aromatic nitrogens is 2. The second-order valence-electron chi connectivity index (χ2n) is 6.82. The molecule has 1 aliphatic heterocycles. The lowest BCUT2D eigenvalue weighted by atomic mass is 9.96. The maximum atomic E-state index is 12.8. The van der Waals surface area contributed by atoms with Gasteiger partial charge < -0.3 is 9.84 Å². The van der Waals surface area contributed by atoms with E-state index in [1.807, 2.05) is 13.8 Å². The minimum Gasteiger partial charge on any atom is -0.478 e. The molecule has 0 aromatic carbocycles. The van der Waals surface area contributed by atoms with E-state index in [2.05, 4.69) is 11.9 Å². The van der Waals surface area contributed by atoms with E-state index in [1.165, 1.54) is 9.13 Å². The number of hydrogen-bond donors (Lipinski definition) is 1. The minimum absolute atomic E-state index is 0.0124. The van der Waals surface area contributed by atoms with Crippen LogP contribution in [0, 0.1) is 5.92 Å². The Kier molecular flexibility index (Phi) is 6.58. The van der Waals surface area contributed by atoms with Crippen LogP contribution < -0.4 is 11.2 Å². The van der Waals surface area contributed by atoms with Gasteiger partial charge in [0.2, 0.25) is 0 Å². The molecule has 7 heteroatoms. The first-order valence-corrected chi connectivity index (χ1v) is 9.09. The smallest absolute Gasteiger partial charge is 0.332 e. The van der Waals surface area contributed by atoms with Gasteiger partial charge in [-0.1, -0.05) is 13.3 Å². The lowest BCUT2D eigenvalue weighted by molar-refractivity contribution is 0.207. The van der Waals surface area contributed by atoms with Gasteiger partial charge >= 0.3 is 5.69 Å². The van der Waals surface area contributed by atoms with Crippen molar-refractivity contribution in [3.63, 3.8) is 0 Å². The van der Waals surface area contributed by atoms with Crippen LogP contribution in [0.25, 0.3) is 0 Å². The van der Waals surface area contributed by atoms with Crippen molar-refractivity contribution in [1.82, 2.24) is 9.13 Å². The molecule has 0 spiro atoms. The molecule has 0 saturated heterocycles. The third-order valence-corrected chi connectivity index (χ3v) is 4.45. The van der Waals surface area contributed by atoms with Crippen LogP contribution in [0.4, 0.5) is 5.82 Å². The third-order valence-electron chi connectivity index (χ3n) is 4.45. The molecule has 0 radical (unpaired) electrons. The summed E-state index contributed by atoms with van der Waals surface area (Å²) >= 11 is 0. The predicted molar refractivity (Wildman–Crippen MR) is 97.7 cm³/mol. The molecule has 0 amide bonds. The van der Waals surface area contributed by atoms with E-state index in [9.17, 15) is 9.59 Å². The van der Waals surface area contributed by atoms with Gasteiger partial charge in [0.05, 0.1) is 11.7 Å². The van der Waals surface area contributed by atoms with Gasteiger partial charge in [-0.3, -0.25) is 13.9 Å². The minimum atomic E-state index is -0.404. The molecule has 2 heterocycles. The number of fused-ring (bicyclic) bond motifs is 1. The van der Waals surface area contributed by atoms with E-state index < -0.39 is 5.69 Å². The van der Waals surface area contributed by atoms with Crippen molar-refractivity contribution in [3.05, 3.63) is 26.4 Å². The van der Waals surface area contributed by atoms with Crippen molar-refractivity contribution >= 4 is 11.7 Å². The molecule has 1 atom stereocenters. The van der Waals surface area contributed by atoms with Gasteiger partial charge in [-0.2, -0.15) is 4.99 Å². The van der Waals surface area contributed by atoms with Crippen LogP contribution in [0.1, 0.15) is 52.0 Å². The SMILES string of the molecule is CCCC1CCc2c(n(C)c(=O)n(CCCO)c2=O)N=C1OC(C)C. The Labute approximate surface area is 148 Å². The second kappa shape index (κ2) is 8.47. The first-order valence-electron chi connectivity index (χ1n) is 9.09. The number of nitrogens with zero attached hydrogens (tertiary/aromatic N) is 3. The Balaban J connectivity index is 2.59. The van der Waals surface area contributed by atoms with Crippen LogP contribution >= 0.6 is 0 Å². The van der Waals surface area contributed by atoms with Gasteiger partial charge in [-0.25, -0.2) is 4.79 Å². The van der Waals surface area contributed by atoms with Crippen LogP contribution in [0.3, 0.4) is 0 Å². The standard InChI is InChI=1S/C18H29N3O4/c1-5-7-13-8-9-14-15(19-16(13)25-12(2)3)20(4)18(24)21(17(14)23)10-6-11-22/h12-13,22H,5-11H2,1-4H3. The summed E-state index contributed by atoms with van der Waals surface area (Å²) in [7, 11) is 1.63. The fourth-order valence-electron chi connectivity index (χ4n) is 3.22. The molecule has 1 N–H and O–H groups in total. The highest BCUT2D eigenvalue weighted by Crippen LogP contribution is 2.27. The van der Waals surface area contributed by atoms with Crippen LogP contribution in [-0.4, -0.2) is 32.8 Å². The molecule has 25 heavy (non-hydrogen) atoms. The van der Waals surface area contributed by atoms with Crippen molar-refractivity contribution in [2.75, 3.05) is 6.61 Å². The summed E-state index contributed by atoms with van der Waals surface area (Å²) in [4.78, 5) is 30.0. The number of aliphatic imine (C=N–C) groups is 1. The molecule has 0 aliphatic carbocycles. The Morgan fingerprint density at radius 3 is 2.68 bits per heavy atom. The number of ether oxygens (including phenoxy) is 1. The first kappa shape index (κ1) is 19.4.